The second-order valence-corrected chi connectivity index (χ2v) is 3.03. The molecule has 0 heterocycles. The predicted molar refractivity (Wildman–Crippen MR) is 45.5 cm³/mol. The van der Waals surface area contributed by atoms with Crippen LogP contribution < -0.4 is 5.32 Å². The molecule has 1 rings (SSSR count). The van der Waals surface area contributed by atoms with Crippen LogP contribution in [0.3, 0.4) is 0 Å². The van der Waals surface area contributed by atoms with E-state index in [2.05, 4.69) is 0 Å². The van der Waals surface area contributed by atoms with Crippen molar-refractivity contribution in [3.05, 3.63) is 23.8 Å². The van der Waals surface area contributed by atoms with Crippen molar-refractivity contribution in [1.29, 1.82) is 0 Å². The number of carbonyl (C=O) groups is 1. The van der Waals surface area contributed by atoms with Gasteiger partial charge in [0.25, 0.3) is 0 Å². The number of alkyl halides is 3. The monoisotopic (exact) mass is 205 g/mol. The third-order valence-electron chi connectivity index (χ3n) is 1.85. The molecule has 5 heteroatoms. The highest BCUT2D eigenvalue weighted by Gasteiger charge is 2.30. The molecule has 0 radical (unpaired) electrons. The van der Waals surface area contributed by atoms with Gasteiger partial charge >= 0.3 is 6.30 Å². The fourth-order valence-electron chi connectivity index (χ4n) is 1.31. The average Bonchev–Trinajstić information content (AvgIpc) is 2.02. The minimum Gasteiger partial charge on any atom is -0.303 e. The van der Waals surface area contributed by atoms with E-state index in [1.807, 2.05) is 0 Å². The first-order valence-electron chi connectivity index (χ1n) is 4.15. The van der Waals surface area contributed by atoms with Crippen LogP contribution in [0.15, 0.2) is 23.8 Å². The van der Waals surface area contributed by atoms with E-state index >= 15 is 0 Å². The fraction of sp³-hybridized carbons (Fsp3) is 0.444. The average molecular weight is 205 g/mol. The van der Waals surface area contributed by atoms with Crippen LogP contribution in [0.5, 0.6) is 0 Å². The molecular weight excluding hydrogens is 195 g/mol. The molecule has 0 fully saturated rings. The van der Waals surface area contributed by atoms with E-state index in [9.17, 15) is 18.0 Å². The van der Waals surface area contributed by atoms with E-state index in [-0.39, 0.29) is 12.8 Å². The lowest BCUT2D eigenvalue weighted by atomic mass is 9.99. The predicted octanol–water partition coefficient (Wildman–Crippen LogP) is 1.94. The van der Waals surface area contributed by atoms with Crippen molar-refractivity contribution < 1.29 is 18.0 Å². The van der Waals surface area contributed by atoms with Gasteiger partial charge in [0.2, 0.25) is 0 Å². The van der Waals surface area contributed by atoms with Crippen molar-refractivity contribution in [3.63, 3.8) is 0 Å². The summed E-state index contributed by atoms with van der Waals surface area (Å²) < 4.78 is 35.8. The molecule has 78 valence electrons. The molecule has 0 spiro atoms. The minimum absolute atomic E-state index is 0.195. The maximum Gasteiger partial charge on any atom is 0.457 e. The van der Waals surface area contributed by atoms with Crippen LogP contribution in [0.25, 0.3) is 0 Å². The third kappa shape index (κ3) is 3.74. The molecule has 0 aromatic carbocycles. The second kappa shape index (κ2) is 4.41. The Labute approximate surface area is 79.5 Å². The van der Waals surface area contributed by atoms with E-state index in [0.29, 0.717) is 11.9 Å². The Balaban J connectivity index is 2.50. The largest absolute Gasteiger partial charge is 0.457 e. The van der Waals surface area contributed by atoms with Crippen LogP contribution in [-0.2, 0) is 4.79 Å². The van der Waals surface area contributed by atoms with E-state index in [1.165, 1.54) is 17.5 Å². The van der Waals surface area contributed by atoms with Gasteiger partial charge in [-0.1, -0.05) is 23.8 Å². The summed E-state index contributed by atoms with van der Waals surface area (Å²) in [5, 5.41) is 1.50. The molecular formula is C9H10F3NO. The SMILES string of the molecule is O=CCC1=CC=CC(NC(F)(F)F)C1. The Bertz CT molecular complexity index is 268. The van der Waals surface area contributed by atoms with Crippen LogP contribution in [0.1, 0.15) is 12.8 Å². The first-order chi connectivity index (χ1) is 6.51. The summed E-state index contributed by atoms with van der Waals surface area (Å²) in [7, 11) is 0. The summed E-state index contributed by atoms with van der Waals surface area (Å²) >= 11 is 0. The normalized spacial score (nSPS) is 21.9. The Morgan fingerprint density at radius 3 is 2.86 bits per heavy atom. The summed E-state index contributed by atoms with van der Waals surface area (Å²) in [6.07, 6.45) is 1.37. The number of allylic oxidation sites excluding steroid dienone is 2. The molecule has 1 atom stereocenters. The molecule has 1 aliphatic carbocycles. The summed E-state index contributed by atoms with van der Waals surface area (Å²) in [4.78, 5) is 10.2. The third-order valence-corrected chi connectivity index (χ3v) is 1.85. The van der Waals surface area contributed by atoms with Crippen molar-refractivity contribution >= 4 is 6.29 Å². The first kappa shape index (κ1) is 11.0. The van der Waals surface area contributed by atoms with Crippen molar-refractivity contribution in [2.45, 2.75) is 25.2 Å². The molecule has 1 aliphatic rings. The molecule has 0 aliphatic heterocycles. The summed E-state index contributed by atoms with van der Waals surface area (Å²) in [5.74, 6) is 0. The zero-order valence-electron chi connectivity index (χ0n) is 7.34. The molecule has 0 aromatic heterocycles. The van der Waals surface area contributed by atoms with E-state index < -0.39 is 12.3 Å². The Morgan fingerprint density at radius 1 is 1.57 bits per heavy atom. The van der Waals surface area contributed by atoms with E-state index in [0.717, 1.165) is 0 Å². The maximum absolute atomic E-state index is 11.9. The fourth-order valence-corrected chi connectivity index (χ4v) is 1.31. The molecule has 0 amide bonds. The number of aldehydes is 1. The highest BCUT2D eigenvalue weighted by atomic mass is 19.4. The van der Waals surface area contributed by atoms with Crippen LogP contribution in [0, 0.1) is 0 Å². The topological polar surface area (TPSA) is 29.1 Å². The van der Waals surface area contributed by atoms with Crippen molar-refractivity contribution in [2.75, 3.05) is 0 Å². The number of halogens is 3. The summed E-state index contributed by atoms with van der Waals surface area (Å²) in [5.41, 5.74) is 0.712. The zero-order valence-corrected chi connectivity index (χ0v) is 7.34. The number of nitrogens with one attached hydrogen (secondary N) is 1. The standard InChI is InChI=1S/C9H10F3NO/c10-9(11,12)13-8-3-1-2-7(6-8)4-5-14/h1-3,5,8,13H,4,6H2. The molecule has 0 saturated heterocycles. The van der Waals surface area contributed by atoms with Gasteiger partial charge in [-0.2, -0.15) is 13.2 Å². The molecule has 0 aromatic rings. The van der Waals surface area contributed by atoms with Gasteiger partial charge in [0.05, 0.1) is 0 Å². The maximum atomic E-state index is 11.9. The molecule has 0 bridgehead atoms. The highest BCUT2D eigenvalue weighted by molar-refractivity contribution is 5.55. The Morgan fingerprint density at radius 2 is 2.29 bits per heavy atom. The molecule has 1 unspecified atom stereocenters. The highest BCUT2D eigenvalue weighted by Crippen LogP contribution is 2.19. The second-order valence-electron chi connectivity index (χ2n) is 3.03. The van der Waals surface area contributed by atoms with Crippen LogP contribution in [-0.4, -0.2) is 18.6 Å². The van der Waals surface area contributed by atoms with Gasteiger partial charge < -0.3 is 4.79 Å². The lowest BCUT2D eigenvalue weighted by molar-refractivity contribution is -0.161. The van der Waals surface area contributed by atoms with Gasteiger partial charge in [0.1, 0.15) is 6.29 Å². The van der Waals surface area contributed by atoms with Crippen molar-refractivity contribution in [3.8, 4) is 0 Å². The molecule has 1 N–H and O–H groups in total. The Hall–Kier alpha value is -1.10. The van der Waals surface area contributed by atoms with E-state index in [4.69, 9.17) is 0 Å². The number of hydrogen-bond donors (Lipinski definition) is 1. The van der Waals surface area contributed by atoms with Crippen LogP contribution in [0.2, 0.25) is 0 Å². The van der Waals surface area contributed by atoms with Crippen molar-refractivity contribution in [2.24, 2.45) is 0 Å². The minimum atomic E-state index is -4.38. The number of rotatable bonds is 3. The van der Waals surface area contributed by atoms with Gasteiger partial charge in [0, 0.05) is 12.5 Å². The van der Waals surface area contributed by atoms with E-state index in [1.54, 1.807) is 6.08 Å². The summed E-state index contributed by atoms with van der Waals surface area (Å²) in [6.45, 7) is 0. The quantitative estimate of drug-likeness (QED) is 0.563. The summed E-state index contributed by atoms with van der Waals surface area (Å²) in [6, 6.07) is -0.755. The lowest BCUT2D eigenvalue weighted by Gasteiger charge is -2.20. The van der Waals surface area contributed by atoms with Crippen LogP contribution >= 0.6 is 0 Å². The van der Waals surface area contributed by atoms with Crippen molar-refractivity contribution in [1.82, 2.24) is 5.32 Å². The van der Waals surface area contributed by atoms with Gasteiger partial charge in [0.15, 0.2) is 0 Å². The van der Waals surface area contributed by atoms with Crippen LogP contribution in [0.4, 0.5) is 13.2 Å². The lowest BCUT2D eigenvalue weighted by Crippen LogP contribution is -2.40. The van der Waals surface area contributed by atoms with Gasteiger partial charge in [-0.15, -0.1) is 0 Å². The molecule has 14 heavy (non-hydrogen) atoms. The number of carbonyl (C=O) groups excluding carboxylic acids is 1. The van der Waals surface area contributed by atoms with Gasteiger partial charge in [-0.3, -0.25) is 0 Å². The van der Waals surface area contributed by atoms with Gasteiger partial charge in [-0.05, 0) is 6.42 Å². The Kier molecular flexibility index (Phi) is 3.46. The molecule has 0 saturated carbocycles. The smallest absolute Gasteiger partial charge is 0.303 e. The van der Waals surface area contributed by atoms with Gasteiger partial charge in [-0.25, -0.2) is 5.32 Å². The zero-order chi connectivity index (χ0) is 10.6. The molecule has 2 nitrogen and oxygen atoms in total. The number of hydrogen-bond acceptors (Lipinski definition) is 2. The first-order valence-corrected chi connectivity index (χ1v) is 4.15.